The molecule has 26 heavy (non-hydrogen) atoms. The lowest BCUT2D eigenvalue weighted by Gasteiger charge is -2.16. The molecular formula is C20H14FN3O2. The molecule has 1 amide bonds. The Morgan fingerprint density at radius 2 is 1.96 bits per heavy atom. The van der Waals surface area contributed by atoms with Gasteiger partial charge in [0.15, 0.2) is 0 Å². The van der Waals surface area contributed by atoms with Gasteiger partial charge in [-0.15, -0.1) is 0 Å². The normalized spacial score (nSPS) is 12.0. The number of fused-ring (bicyclic) bond motifs is 1. The fourth-order valence-electron chi connectivity index (χ4n) is 2.77. The summed E-state index contributed by atoms with van der Waals surface area (Å²) >= 11 is 0. The first kappa shape index (κ1) is 16.0. The van der Waals surface area contributed by atoms with Gasteiger partial charge in [0.05, 0.1) is 0 Å². The van der Waals surface area contributed by atoms with Crippen LogP contribution in [-0.4, -0.2) is 15.9 Å². The van der Waals surface area contributed by atoms with Crippen molar-refractivity contribution in [2.24, 2.45) is 0 Å². The molecule has 1 atom stereocenters. The molecular weight excluding hydrogens is 333 g/mol. The number of hydrogen-bond acceptors (Lipinski definition) is 4. The van der Waals surface area contributed by atoms with Gasteiger partial charge in [-0.25, -0.2) is 4.98 Å². The van der Waals surface area contributed by atoms with Gasteiger partial charge in [-0.3, -0.25) is 9.78 Å². The summed E-state index contributed by atoms with van der Waals surface area (Å²) in [5.41, 5.74) is 1.66. The topological polar surface area (TPSA) is 68.0 Å². The zero-order valence-corrected chi connectivity index (χ0v) is 13.6. The number of rotatable bonds is 4. The minimum Gasteiger partial charge on any atom is -0.459 e. The highest BCUT2D eigenvalue weighted by Gasteiger charge is 2.22. The van der Waals surface area contributed by atoms with Crippen LogP contribution < -0.4 is 5.32 Å². The van der Waals surface area contributed by atoms with Gasteiger partial charge in [0.2, 0.25) is 5.95 Å². The van der Waals surface area contributed by atoms with E-state index < -0.39 is 17.9 Å². The van der Waals surface area contributed by atoms with Gasteiger partial charge >= 0.3 is 0 Å². The standard InChI is InChI=1S/C20H14FN3O2/c21-18-11-14(7-9-23-18)20(25)24-19(15-5-3-8-22-12-15)17-10-13-4-1-2-6-16(13)26-17/h1-12,19H,(H,24,25). The second kappa shape index (κ2) is 6.76. The Morgan fingerprint density at radius 1 is 1.08 bits per heavy atom. The van der Waals surface area contributed by atoms with Crippen molar-refractivity contribution >= 4 is 16.9 Å². The number of benzene rings is 1. The van der Waals surface area contributed by atoms with E-state index in [1.54, 1.807) is 18.5 Å². The van der Waals surface area contributed by atoms with Crippen molar-refractivity contribution in [3.05, 3.63) is 96.0 Å². The van der Waals surface area contributed by atoms with Gasteiger partial charge in [-0.05, 0) is 24.3 Å². The van der Waals surface area contributed by atoms with Gasteiger partial charge in [-0.2, -0.15) is 4.39 Å². The van der Waals surface area contributed by atoms with Gasteiger partial charge in [-0.1, -0.05) is 24.3 Å². The summed E-state index contributed by atoms with van der Waals surface area (Å²) in [5.74, 6) is -0.568. The number of carbonyl (C=O) groups is 1. The first-order chi connectivity index (χ1) is 12.7. The third-order valence-corrected chi connectivity index (χ3v) is 4.01. The molecule has 1 aromatic carbocycles. The molecule has 0 radical (unpaired) electrons. The number of nitrogens with one attached hydrogen (secondary N) is 1. The lowest BCUT2D eigenvalue weighted by Crippen LogP contribution is -2.29. The maximum atomic E-state index is 13.3. The molecule has 0 spiro atoms. The molecule has 4 rings (SSSR count). The van der Waals surface area contributed by atoms with E-state index in [0.717, 1.165) is 22.6 Å². The molecule has 128 valence electrons. The monoisotopic (exact) mass is 347 g/mol. The predicted molar refractivity (Wildman–Crippen MR) is 94.0 cm³/mol. The van der Waals surface area contributed by atoms with E-state index in [4.69, 9.17) is 4.42 Å². The number of nitrogens with zero attached hydrogens (tertiary/aromatic N) is 2. The minimum atomic E-state index is -0.709. The average molecular weight is 347 g/mol. The van der Waals surface area contributed by atoms with Crippen LogP contribution in [0.5, 0.6) is 0 Å². The summed E-state index contributed by atoms with van der Waals surface area (Å²) in [6.45, 7) is 0. The molecule has 0 saturated heterocycles. The Labute approximate surface area is 148 Å². The van der Waals surface area contributed by atoms with Crippen LogP contribution in [0.1, 0.15) is 27.7 Å². The summed E-state index contributed by atoms with van der Waals surface area (Å²) in [7, 11) is 0. The smallest absolute Gasteiger partial charge is 0.252 e. The molecule has 1 N–H and O–H groups in total. The first-order valence-electron chi connectivity index (χ1n) is 8.01. The van der Waals surface area contributed by atoms with Crippen LogP contribution in [0.2, 0.25) is 0 Å². The lowest BCUT2D eigenvalue weighted by atomic mass is 10.1. The zero-order chi connectivity index (χ0) is 17.9. The Morgan fingerprint density at radius 3 is 2.73 bits per heavy atom. The zero-order valence-electron chi connectivity index (χ0n) is 13.6. The number of pyridine rings is 2. The molecule has 1 unspecified atom stereocenters. The number of aromatic nitrogens is 2. The second-order valence-electron chi connectivity index (χ2n) is 5.75. The average Bonchev–Trinajstić information content (AvgIpc) is 3.10. The first-order valence-corrected chi connectivity index (χ1v) is 8.01. The number of furan rings is 1. The molecule has 6 heteroatoms. The van der Waals surface area contributed by atoms with Crippen molar-refractivity contribution in [3.63, 3.8) is 0 Å². The number of hydrogen-bond donors (Lipinski definition) is 1. The largest absolute Gasteiger partial charge is 0.459 e. The Hall–Kier alpha value is -3.54. The fourth-order valence-corrected chi connectivity index (χ4v) is 2.77. The van der Waals surface area contributed by atoms with Gasteiger partial charge in [0, 0.05) is 41.2 Å². The Kier molecular flexibility index (Phi) is 4.15. The van der Waals surface area contributed by atoms with E-state index in [0.29, 0.717) is 5.76 Å². The summed E-state index contributed by atoms with van der Waals surface area (Å²) in [6, 6.07) is 15.1. The van der Waals surface area contributed by atoms with E-state index in [9.17, 15) is 9.18 Å². The van der Waals surface area contributed by atoms with Crippen molar-refractivity contribution in [1.29, 1.82) is 0 Å². The highest BCUT2D eigenvalue weighted by molar-refractivity contribution is 5.94. The third kappa shape index (κ3) is 3.17. The fraction of sp³-hybridized carbons (Fsp3) is 0.0500. The van der Waals surface area contributed by atoms with E-state index in [2.05, 4.69) is 15.3 Å². The summed E-state index contributed by atoms with van der Waals surface area (Å²) < 4.78 is 19.2. The van der Waals surface area contributed by atoms with Gasteiger partial charge in [0.1, 0.15) is 17.4 Å². The van der Waals surface area contributed by atoms with Crippen LogP contribution in [0.3, 0.4) is 0 Å². The van der Waals surface area contributed by atoms with E-state index in [1.807, 2.05) is 36.4 Å². The summed E-state index contributed by atoms with van der Waals surface area (Å²) in [4.78, 5) is 20.2. The number of carbonyl (C=O) groups excluding carboxylic acids is 1. The number of halogens is 1. The van der Waals surface area contributed by atoms with Crippen molar-refractivity contribution in [1.82, 2.24) is 15.3 Å². The van der Waals surface area contributed by atoms with Gasteiger partial charge < -0.3 is 9.73 Å². The summed E-state index contributed by atoms with van der Waals surface area (Å²) in [6.07, 6.45) is 4.56. The van der Waals surface area contributed by atoms with Crippen LogP contribution in [0, 0.1) is 5.95 Å². The van der Waals surface area contributed by atoms with Crippen LogP contribution in [0.15, 0.2) is 77.6 Å². The lowest BCUT2D eigenvalue weighted by molar-refractivity contribution is 0.0938. The summed E-state index contributed by atoms with van der Waals surface area (Å²) in [5, 5.41) is 3.82. The predicted octanol–water partition coefficient (Wildman–Crippen LogP) is 3.88. The molecule has 5 nitrogen and oxygen atoms in total. The maximum absolute atomic E-state index is 13.3. The number of amides is 1. The highest BCUT2D eigenvalue weighted by Crippen LogP contribution is 2.28. The highest BCUT2D eigenvalue weighted by atomic mass is 19.1. The van der Waals surface area contributed by atoms with E-state index in [1.165, 1.54) is 12.3 Å². The van der Waals surface area contributed by atoms with Crippen LogP contribution >= 0.6 is 0 Å². The Bertz CT molecular complexity index is 1030. The SMILES string of the molecule is O=C(NC(c1cccnc1)c1cc2ccccc2o1)c1ccnc(F)c1. The van der Waals surface area contributed by atoms with Crippen molar-refractivity contribution in [3.8, 4) is 0 Å². The molecule has 0 aliphatic carbocycles. The van der Waals surface area contributed by atoms with Crippen LogP contribution in [0.4, 0.5) is 4.39 Å². The minimum absolute atomic E-state index is 0.183. The van der Waals surface area contributed by atoms with E-state index >= 15 is 0 Å². The van der Waals surface area contributed by atoms with Crippen molar-refractivity contribution in [2.45, 2.75) is 6.04 Å². The molecule has 3 heterocycles. The third-order valence-electron chi connectivity index (χ3n) is 4.01. The van der Waals surface area contributed by atoms with E-state index in [-0.39, 0.29) is 5.56 Å². The van der Waals surface area contributed by atoms with Crippen molar-refractivity contribution in [2.75, 3.05) is 0 Å². The molecule has 0 aliphatic heterocycles. The quantitative estimate of drug-likeness (QED) is 0.569. The molecule has 0 saturated carbocycles. The van der Waals surface area contributed by atoms with Crippen LogP contribution in [-0.2, 0) is 0 Å². The molecule has 0 aliphatic rings. The Balaban J connectivity index is 1.72. The molecule has 0 fully saturated rings. The maximum Gasteiger partial charge on any atom is 0.252 e. The molecule has 4 aromatic rings. The number of para-hydroxylation sites is 1. The van der Waals surface area contributed by atoms with Gasteiger partial charge in [0.25, 0.3) is 5.91 Å². The molecule has 3 aromatic heterocycles. The van der Waals surface area contributed by atoms with Crippen LogP contribution in [0.25, 0.3) is 11.0 Å². The second-order valence-corrected chi connectivity index (χ2v) is 5.75. The molecule has 0 bridgehead atoms. The van der Waals surface area contributed by atoms with Crippen molar-refractivity contribution < 1.29 is 13.6 Å².